The van der Waals surface area contributed by atoms with Crippen LogP contribution in [0, 0.1) is 0 Å². The van der Waals surface area contributed by atoms with Crippen molar-refractivity contribution in [1.82, 2.24) is 10.3 Å². The Balaban J connectivity index is 2.74. The molecule has 1 aromatic rings. The summed E-state index contributed by atoms with van der Waals surface area (Å²) < 4.78 is 0. The predicted octanol–water partition coefficient (Wildman–Crippen LogP) is 1.36. The number of pyridine rings is 1. The maximum absolute atomic E-state index is 4.21. The minimum atomic E-state index is 0.926. The fourth-order valence-corrected chi connectivity index (χ4v) is 1.04. The first-order chi connectivity index (χ1) is 5.36. The van der Waals surface area contributed by atoms with Crippen molar-refractivity contribution >= 4 is 0 Å². The van der Waals surface area contributed by atoms with Crippen LogP contribution in [0.15, 0.2) is 18.3 Å². The van der Waals surface area contributed by atoms with E-state index in [1.165, 1.54) is 5.56 Å². The molecule has 0 saturated carbocycles. The van der Waals surface area contributed by atoms with Gasteiger partial charge < -0.3 is 5.32 Å². The largest absolute Gasteiger partial charge is 0.316 e. The van der Waals surface area contributed by atoms with Gasteiger partial charge in [0, 0.05) is 18.4 Å². The van der Waals surface area contributed by atoms with E-state index in [-0.39, 0.29) is 0 Å². The van der Waals surface area contributed by atoms with Gasteiger partial charge in [0.2, 0.25) is 0 Å². The standard InChI is InChI=1S/C9H14N2/c1-3-9-6-8(7-10-2)4-5-11-9/h4-6,10H,3,7H2,1-2H3. The van der Waals surface area contributed by atoms with Crippen molar-refractivity contribution in [2.24, 2.45) is 0 Å². The quantitative estimate of drug-likeness (QED) is 0.703. The van der Waals surface area contributed by atoms with Crippen LogP contribution in [0.3, 0.4) is 0 Å². The molecule has 0 aliphatic heterocycles. The molecule has 0 atom stereocenters. The first-order valence-electron chi connectivity index (χ1n) is 3.95. The van der Waals surface area contributed by atoms with Crippen LogP contribution < -0.4 is 5.32 Å². The fourth-order valence-electron chi connectivity index (χ4n) is 1.04. The summed E-state index contributed by atoms with van der Waals surface area (Å²) in [6, 6.07) is 4.17. The molecule has 0 amide bonds. The molecule has 1 aromatic heterocycles. The first-order valence-corrected chi connectivity index (χ1v) is 3.95. The van der Waals surface area contributed by atoms with Gasteiger partial charge in [0.25, 0.3) is 0 Å². The molecule has 2 nitrogen and oxygen atoms in total. The molecular weight excluding hydrogens is 136 g/mol. The zero-order valence-electron chi connectivity index (χ0n) is 7.09. The highest BCUT2D eigenvalue weighted by molar-refractivity contribution is 5.15. The molecule has 2 heteroatoms. The number of hydrogen-bond donors (Lipinski definition) is 1. The van der Waals surface area contributed by atoms with Crippen molar-refractivity contribution in [2.75, 3.05) is 7.05 Å². The second kappa shape index (κ2) is 4.09. The summed E-state index contributed by atoms with van der Waals surface area (Å²) in [5.41, 5.74) is 2.47. The summed E-state index contributed by atoms with van der Waals surface area (Å²) >= 11 is 0. The van der Waals surface area contributed by atoms with Gasteiger partial charge in [0.1, 0.15) is 0 Å². The lowest BCUT2D eigenvalue weighted by atomic mass is 10.2. The van der Waals surface area contributed by atoms with Crippen LogP contribution >= 0.6 is 0 Å². The average molecular weight is 150 g/mol. The summed E-state index contributed by atoms with van der Waals surface area (Å²) in [6.45, 7) is 3.04. The molecule has 60 valence electrons. The lowest BCUT2D eigenvalue weighted by molar-refractivity contribution is 0.812. The summed E-state index contributed by atoms with van der Waals surface area (Å²) in [6.07, 6.45) is 2.88. The van der Waals surface area contributed by atoms with Crippen LogP contribution in [-0.2, 0) is 13.0 Å². The maximum Gasteiger partial charge on any atom is 0.0404 e. The number of hydrogen-bond acceptors (Lipinski definition) is 2. The molecule has 1 rings (SSSR count). The zero-order chi connectivity index (χ0) is 8.10. The Morgan fingerprint density at radius 2 is 2.36 bits per heavy atom. The average Bonchev–Trinajstić information content (AvgIpc) is 2.06. The molecule has 0 aliphatic rings. The van der Waals surface area contributed by atoms with Crippen molar-refractivity contribution in [3.63, 3.8) is 0 Å². The normalized spacial score (nSPS) is 10.0. The summed E-state index contributed by atoms with van der Waals surface area (Å²) in [5.74, 6) is 0. The molecule has 0 radical (unpaired) electrons. The van der Waals surface area contributed by atoms with Crippen LogP contribution in [-0.4, -0.2) is 12.0 Å². The van der Waals surface area contributed by atoms with E-state index >= 15 is 0 Å². The van der Waals surface area contributed by atoms with Gasteiger partial charge in [-0.1, -0.05) is 6.92 Å². The lowest BCUT2D eigenvalue weighted by Gasteiger charge is -2.00. The van der Waals surface area contributed by atoms with E-state index in [9.17, 15) is 0 Å². The van der Waals surface area contributed by atoms with E-state index in [1.807, 2.05) is 19.3 Å². The van der Waals surface area contributed by atoms with E-state index in [2.05, 4.69) is 23.3 Å². The van der Waals surface area contributed by atoms with E-state index in [1.54, 1.807) is 0 Å². The summed E-state index contributed by atoms with van der Waals surface area (Å²) in [7, 11) is 1.95. The number of nitrogens with zero attached hydrogens (tertiary/aromatic N) is 1. The van der Waals surface area contributed by atoms with Gasteiger partial charge in [-0.05, 0) is 31.2 Å². The van der Waals surface area contributed by atoms with Gasteiger partial charge in [0.15, 0.2) is 0 Å². The van der Waals surface area contributed by atoms with E-state index < -0.39 is 0 Å². The highest BCUT2D eigenvalue weighted by atomic mass is 14.8. The third kappa shape index (κ3) is 2.31. The van der Waals surface area contributed by atoms with Gasteiger partial charge in [-0.3, -0.25) is 4.98 Å². The topological polar surface area (TPSA) is 24.9 Å². The van der Waals surface area contributed by atoms with Crippen molar-refractivity contribution in [3.05, 3.63) is 29.6 Å². The maximum atomic E-state index is 4.21. The van der Waals surface area contributed by atoms with Crippen LogP contribution in [0.25, 0.3) is 0 Å². The first kappa shape index (κ1) is 8.21. The smallest absolute Gasteiger partial charge is 0.0404 e. The van der Waals surface area contributed by atoms with E-state index in [0.29, 0.717) is 0 Å². The van der Waals surface area contributed by atoms with Crippen molar-refractivity contribution in [1.29, 1.82) is 0 Å². The molecule has 1 heterocycles. The van der Waals surface area contributed by atoms with Crippen molar-refractivity contribution < 1.29 is 0 Å². The third-order valence-electron chi connectivity index (χ3n) is 1.62. The molecular formula is C9H14N2. The highest BCUT2D eigenvalue weighted by Gasteiger charge is 1.92. The van der Waals surface area contributed by atoms with Gasteiger partial charge in [-0.25, -0.2) is 0 Å². The Bertz CT molecular complexity index is 221. The second-order valence-corrected chi connectivity index (χ2v) is 2.54. The van der Waals surface area contributed by atoms with E-state index in [4.69, 9.17) is 0 Å². The van der Waals surface area contributed by atoms with Crippen LogP contribution in [0.4, 0.5) is 0 Å². The van der Waals surface area contributed by atoms with Crippen LogP contribution in [0.2, 0.25) is 0 Å². The molecule has 11 heavy (non-hydrogen) atoms. The van der Waals surface area contributed by atoms with Crippen molar-refractivity contribution in [3.8, 4) is 0 Å². The number of rotatable bonds is 3. The number of aryl methyl sites for hydroxylation is 1. The SMILES string of the molecule is CCc1cc(CNC)ccn1. The van der Waals surface area contributed by atoms with Crippen LogP contribution in [0.1, 0.15) is 18.2 Å². The van der Waals surface area contributed by atoms with Crippen LogP contribution in [0.5, 0.6) is 0 Å². The van der Waals surface area contributed by atoms with Gasteiger partial charge in [0.05, 0.1) is 0 Å². The molecule has 0 fully saturated rings. The highest BCUT2D eigenvalue weighted by Crippen LogP contribution is 2.01. The molecule has 0 spiro atoms. The minimum absolute atomic E-state index is 0.926. The fraction of sp³-hybridized carbons (Fsp3) is 0.444. The molecule has 0 aliphatic carbocycles. The molecule has 0 unspecified atom stereocenters. The van der Waals surface area contributed by atoms with Gasteiger partial charge in [-0.2, -0.15) is 0 Å². The van der Waals surface area contributed by atoms with E-state index in [0.717, 1.165) is 18.7 Å². The predicted molar refractivity (Wildman–Crippen MR) is 46.4 cm³/mol. The Morgan fingerprint density at radius 1 is 1.55 bits per heavy atom. The molecule has 0 bridgehead atoms. The Labute approximate surface area is 67.7 Å². The number of aromatic nitrogens is 1. The third-order valence-corrected chi connectivity index (χ3v) is 1.62. The monoisotopic (exact) mass is 150 g/mol. The Morgan fingerprint density at radius 3 is 3.00 bits per heavy atom. The van der Waals surface area contributed by atoms with Gasteiger partial charge >= 0.3 is 0 Å². The zero-order valence-corrected chi connectivity index (χ0v) is 7.09. The second-order valence-electron chi connectivity index (χ2n) is 2.54. The molecule has 0 aromatic carbocycles. The lowest BCUT2D eigenvalue weighted by Crippen LogP contribution is -2.05. The van der Waals surface area contributed by atoms with Gasteiger partial charge in [-0.15, -0.1) is 0 Å². The summed E-state index contributed by atoms with van der Waals surface area (Å²) in [5, 5.41) is 3.11. The van der Waals surface area contributed by atoms with Crippen molar-refractivity contribution in [2.45, 2.75) is 19.9 Å². The molecule has 1 N–H and O–H groups in total. The Hall–Kier alpha value is -0.890. The minimum Gasteiger partial charge on any atom is -0.316 e. The number of nitrogens with one attached hydrogen (secondary N) is 1. The summed E-state index contributed by atoms with van der Waals surface area (Å²) in [4.78, 5) is 4.21. The Kier molecular flexibility index (Phi) is 3.05. The molecule has 0 saturated heterocycles.